The number of nitrogens with zero attached hydrogens (tertiary/aromatic N) is 3. The van der Waals surface area contributed by atoms with Crippen LogP contribution in [0.4, 0.5) is 0 Å². The Balaban J connectivity index is 1.93. The number of halogens is 3. The van der Waals surface area contributed by atoms with Crippen LogP contribution in [0.15, 0.2) is 81.1 Å². The summed E-state index contributed by atoms with van der Waals surface area (Å²) in [4.78, 5) is 17.8. The molecule has 1 heterocycles. The van der Waals surface area contributed by atoms with Crippen molar-refractivity contribution in [1.82, 2.24) is 9.66 Å². The van der Waals surface area contributed by atoms with Gasteiger partial charge in [0.2, 0.25) is 0 Å². The van der Waals surface area contributed by atoms with Gasteiger partial charge in [-0.3, -0.25) is 4.79 Å². The van der Waals surface area contributed by atoms with Crippen molar-refractivity contribution in [1.29, 1.82) is 0 Å². The Morgan fingerprint density at radius 3 is 2.50 bits per heavy atom. The lowest BCUT2D eigenvalue weighted by atomic mass is 10.2. The zero-order chi connectivity index (χ0) is 19.7. The minimum absolute atomic E-state index is 0.259. The van der Waals surface area contributed by atoms with Gasteiger partial charge >= 0.3 is 0 Å². The molecule has 7 heteroatoms. The fraction of sp³-hybridized carbons (Fsp3) is 0. The lowest BCUT2D eigenvalue weighted by Gasteiger charge is -2.09. The summed E-state index contributed by atoms with van der Waals surface area (Å²) in [6.45, 7) is 0. The molecule has 3 aromatic carbocycles. The van der Waals surface area contributed by atoms with Gasteiger partial charge in [-0.25, -0.2) is 4.98 Å². The highest BCUT2D eigenvalue weighted by Crippen LogP contribution is 2.22. The first-order chi connectivity index (χ1) is 13.5. The fourth-order valence-corrected chi connectivity index (χ4v) is 3.46. The van der Waals surface area contributed by atoms with E-state index in [9.17, 15) is 4.79 Å². The molecule has 0 bridgehead atoms. The van der Waals surface area contributed by atoms with Crippen LogP contribution >= 0.6 is 39.1 Å². The van der Waals surface area contributed by atoms with Crippen molar-refractivity contribution >= 4 is 56.2 Å². The molecule has 28 heavy (non-hydrogen) atoms. The van der Waals surface area contributed by atoms with Gasteiger partial charge in [0, 0.05) is 20.6 Å². The Morgan fingerprint density at radius 1 is 1.00 bits per heavy atom. The van der Waals surface area contributed by atoms with Crippen LogP contribution in [-0.4, -0.2) is 15.9 Å². The first-order valence-electron chi connectivity index (χ1n) is 8.30. The van der Waals surface area contributed by atoms with Crippen LogP contribution in [0, 0.1) is 0 Å². The van der Waals surface area contributed by atoms with E-state index in [0.29, 0.717) is 32.3 Å². The zero-order valence-corrected chi connectivity index (χ0v) is 17.4. The second kappa shape index (κ2) is 7.87. The molecule has 0 atom stereocenters. The van der Waals surface area contributed by atoms with Crippen molar-refractivity contribution in [2.24, 2.45) is 5.10 Å². The maximum Gasteiger partial charge on any atom is 0.282 e. The molecule has 0 N–H and O–H groups in total. The van der Waals surface area contributed by atoms with E-state index in [1.807, 2.05) is 36.4 Å². The standard InChI is InChI=1S/C21H12BrCl2N3O/c22-15-8-5-13(6-9-15)20-26-19-4-2-1-3-17(19)21(28)27(20)25-12-14-7-10-16(23)11-18(14)24/h1-12H. The van der Waals surface area contributed by atoms with Crippen LogP contribution in [0.1, 0.15) is 5.56 Å². The highest BCUT2D eigenvalue weighted by Gasteiger charge is 2.12. The van der Waals surface area contributed by atoms with Crippen molar-refractivity contribution < 1.29 is 0 Å². The summed E-state index contributed by atoms with van der Waals surface area (Å²) < 4.78 is 2.22. The van der Waals surface area contributed by atoms with Crippen LogP contribution in [0.2, 0.25) is 10.0 Å². The third-order valence-electron chi connectivity index (χ3n) is 4.13. The predicted octanol–water partition coefficient (Wildman–Crippen LogP) is 6.02. The first kappa shape index (κ1) is 18.9. The molecule has 0 unspecified atom stereocenters. The minimum Gasteiger partial charge on any atom is -0.267 e. The molecule has 0 aliphatic heterocycles. The van der Waals surface area contributed by atoms with Gasteiger partial charge < -0.3 is 0 Å². The maximum atomic E-state index is 13.1. The van der Waals surface area contributed by atoms with Gasteiger partial charge in [0.15, 0.2) is 5.82 Å². The largest absolute Gasteiger partial charge is 0.282 e. The van der Waals surface area contributed by atoms with E-state index in [1.54, 1.807) is 30.3 Å². The molecule has 1 aromatic heterocycles. The number of aromatic nitrogens is 2. The Hall–Kier alpha value is -2.47. The van der Waals surface area contributed by atoms with Crippen molar-refractivity contribution in [3.8, 4) is 11.4 Å². The molecule has 0 radical (unpaired) electrons. The minimum atomic E-state index is -0.259. The predicted molar refractivity (Wildman–Crippen MR) is 119 cm³/mol. The number of para-hydroxylation sites is 1. The molecular formula is C21H12BrCl2N3O. The van der Waals surface area contributed by atoms with Crippen LogP contribution in [0.3, 0.4) is 0 Å². The third-order valence-corrected chi connectivity index (χ3v) is 5.22. The summed E-state index contributed by atoms with van der Waals surface area (Å²) in [5, 5.41) is 5.86. The zero-order valence-electron chi connectivity index (χ0n) is 14.3. The highest BCUT2D eigenvalue weighted by atomic mass is 79.9. The van der Waals surface area contributed by atoms with Gasteiger partial charge in [-0.05, 0) is 36.4 Å². The lowest BCUT2D eigenvalue weighted by molar-refractivity contribution is 0.830. The molecule has 0 spiro atoms. The van der Waals surface area contributed by atoms with Gasteiger partial charge in [-0.15, -0.1) is 0 Å². The molecular weight excluding hydrogens is 461 g/mol. The molecule has 4 rings (SSSR count). The monoisotopic (exact) mass is 471 g/mol. The van der Waals surface area contributed by atoms with Crippen LogP contribution in [0.5, 0.6) is 0 Å². The first-order valence-corrected chi connectivity index (χ1v) is 9.85. The van der Waals surface area contributed by atoms with Gasteiger partial charge in [0.1, 0.15) is 0 Å². The highest BCUT2D eigenvalue weighted by molar-refractivity contribution is 9.10. The molecule has 0 aliphatic rings. The molecule has 4 nitrogen and oxygen atoms in total. The second-order valence-corrected chi connectivity index (χ2v) is 7.75. The number of hydrogen-bond donors (Lipinski definition) is 0. The Bertz CT molecular complexity index is 1270. The van der Waals surface area contributed by atoms with Crippen LogP contribution in [0.25, 0.3) is 22.3 Å². The fourth-order valence-electron chi connectivity index (χ4n) is 2.74. The van der Waals surface area contributed by atoms with E-state index in [-0.39, 0.29) is 5.56 Å². The number of fused-ring (bicyclic) bond motifs is 1. The van der Waals surface area contributed by atoms with Crippen molar-refractivity contribution in [2.75, 3.05) is 0 Å². The molecule has 0 fully saturated rings. The summed E-state index contributed by atoms with van der Waals surface area (Å²) >= 11 is 15.6. The molecule has 0 saturated heterocycles. The van der Waals surface area contributed by atoms with Gasteiger partial charge in [0.25, 0.3) is 5.56 Å². The molecule has 0 saturated carbocycles. The number of rotatable bonds is 3. The van der Waals surface area contributed by atoms with Gasteiger partial charge in [-0.2, -0.15) is 9.78 Å². The van der Waals surface area contributed by atoms with Crippen molar-refractivity contribution in [3.05, 3.63) is 97.2 Å². The molecule has 4 aromatic rings. The normalized spacial score (nSPS) is 11.4. The SMILES string of the molecule is O=c1c2ccccc2nc(-c2ccc(Br)cc2)n1N=Cc1ccc(Cl)cc1Cl. The summed E-state index contributed by atoms with van der Waals surface area (Å²) in [7, 11) is 0. The Labute approximate surface area is 179 Å². The number of hydrogen-bond acceptors (Lipinski definition) is 3. The van der Waals surface area contributed by atoms with Gasteiger partial charge in [-0.1, -0.05) is 69.5 Å². The van der Waals surface area contributed by atoms with Crippen molar-refractivity contribution in [3.63, 3.8) is 0 Å². The van der Waals surface area contributed by atoms with E-state index in [4.69, 9.17) is 23.2 Å². The summed E-state index contributed by atoms with van der Waals surface area (Å²) in [6.07, 6.45) is 1.53. The summed E-state index contributed by atoms with van der Waals surface area (Å²) in [5.74, 6) is 0.442. The van der Waals surface area contributed by atoms with E-state index in [1.165, 1.54) is 10.9 Å². The summed E-state index contributed by atoms with van der Waals surface area (Å²) in [6, 6.07) is 19.8. The van der Waals surface area contributed by atoms with E-state index >= 15 is 0 Å². The molecule has 0 aliphatic carbocycles. The third kappa shape index (κ3) is 3.74. The topological polar surface area (TPSA) is 47.2 Å². The number of benzene rings is 3. The Morgan fingerprint density at radius 2 is 1.75 bits per heavy atom. The average Bonchev–Trinajstić information content (AvgIpc) is 2.69. The maximum absolute atomic E-state index is 13.1. The Kier molecular flexibility index (Phi) is 5.31. The summed E-state index contributed by atoms with van der Waals surface area (Å²) in [5.41, 5.74) is 1.77. The second-order valence-electron chi connectivity index (χ2n) is 5.99. The molecule has 0 amide bonds. The average molecular weight is 473 g/mol. The smallest absolute Gasteiger partial charge is 0.267 e. The lowest BCUT2D eigenvalue weighted by Crippen LogP contribution is -2.20. The van der Waals surface area contributed by atoms with E-state index in [2.05, 4.69) is 26.0 Å². The van der Waals surface area contributed by atoms with Crippen LogP contribution < -0.4 is 5.56 Å². The van der Waals surface area contributed by atoms with Crippen molar-refractivity contribution in [2.45, 2.75) is 0 Å². The van der Waals surface area contributed by atoms with E-state index in [0.717, 1.165) is 10.0 Å². The van der Waals surface area contributed by atoms with Gasteiger partial charge in [0.05, 0.1) is 22.1 Å². The van der Waals surface area contributed by atoms with Crippen LogP contribution in [-0.2, 0) is 0 Å². The van der Waals surface area contributed by atoms with E-state index < -0.39 is 0 Å². The molecule has 138 valence electrons. The quantitative estimate of drug-likeness (QED) is 0.342.